The first-order chi connectivity index (χ1) is 17.8. The molecule has 0 aromatic heterocycles. The molecule has 0 N–H and O–H groups in total. The number of hydrogen-bond donors (Lipinski definition) is 0. The van der Waals surface area contributed by atoms with Gasteiger partial charge in [-0.25, -0.2) is 4.90 Å². The summed E-state index contributed by atoms with van der Waals surface area (Å²) in [4.78, 5) is 40.8. The molecule has 0 saturated carbocycles. The molecule has 0 aliphatic carbocycles. The fraction of sp³-hybridized carbons (Fsp3) is 0.286. The molecule has 190 valence electrons. The SMILES string of the molecule is COc1cc2c(cc1OC)[C@@H](C)N(c1ccc(N3C(=O)C[C@H](c4ccccc4)C3=O)cc1[N+](=O)[O-])CC2. The lowest BCUT2D eigenvalue weighted by Gasteiger charge is -2.37. The third kappa shape index (κ3) is 4.16. The Balaban J connectivity index is 1.49. The molecule has 0 bridgehead atoms. The van der Waals surface area contributed by atoms with Gasteiger partial charge in [0.25, 0.3) is 5.69 Å². The van der Waals surface area contributed by atoms with Gasteiger partial charge in [0.2, 0.25) is 11.8 Å². The smallest absolute Gasteiger partial charge is 0.294 e. The summed E-state index contributed by atoms with van der Waals surface area (Å²) in [5, 5.41) is 12.2. The van der Waals surface area contributed by atoms with Gasteiger partial charge in [-0.05, 0) is 54.3 Å². The van der Waals surface area contributed by atoms with Gasteiger partial charge in [-0.1, -0.05) is 30.3 Å². The van der Waals surface area contributed by atoms with Crippen molar-refractivity contribution in [2.45, 2.75) is 31.7 Å². The van der Waals surface area contributed by atoms with Crippen LogP contribution in [0.25, 0.3) is 0 Å². The van der Waals surface area contributed by atoms with Crippen molar-refractivity contribution in [3.05, 3.63) is 87.5 Å². The number of nitro benzene ring substituents is 1. The standard InChI is InChI=1S/C28H27N3O6/c1-17-21-15-26(37-3)25(36-2)13-19(21)11-12-29(17)23-10-9-20(14-24(23)31(34)35)30-27(32)16-22(28(30)33)18-7-5-4-6-8-18/h4-10,13-15,17,22H,11-12,16H2,1-3H3/t17-,22-/m1/s1. The number of carbonyl (C=O) groups is 2. The lowest BCUT2D eigenvalue weighted by molar-refractivity contribution is -0.384. The maximum atomic E-state index is 13.2. The van der Waals surface area contributed by atoms with Crippen molar-refractivity contribution in [2.24, 2.45) is 0 Å². The Hall–Kier alpha value is -4.40. The summed E-state index contributed by atoms with van der Waals surface area (Å²) < 4.78 is 10.9. The Labute approximate surface area is 214 Å². The molecule has 2 aliphatic heterocycles. The van der Waals surface area contributed by atoms with E-state index in [0.717, 1.165) is 21.6 Å². The molecular formula is C28H27N3O6. The number of benzene rings is 3. The molecule has 2 atom stereocenters. The van der Waals surface area contributed by atoms with Crippen molar-refractivity contribution in [1.82, 2.24) is 0 Å². The molecule has 1 saturated heterocycles. The topological polar surface area (TPSA) is 102 Å². The lowest BCUT2D eigenvalue weighted by atomic mass is 9.92. The van der Waals surface area contributed by atoms with Crippen molar-refractivity contribution in [3.63, 3.8) is 0 Å². The summed E-state index contributed by atoms with van der Waals surface area (Å²) in [7, 11) is 3.16. The van der Waals surface area contributed by atoms with E-state index in [-0.39, 0.29) is 35.7 Å². The molecule has 9 nitrogen and oxygen atoms in total. The van der Waals surface area contributed by atoms with Crippen LogP contribution >= 0.6 is 0 Å². The Morgan fingerprint density at radius 3 is 2.35 bits per heavy atom. The Bertz CT molecular complexity index is 1390. The van der Waals surface area contributed by atoms with Crippen LogP contribution in [0.4, 0.5) is 17.1 Å². The molecule has 0 radical (unpaired) electrons. The zero-order chi connectivity index (χ0) is 26.3. The van der Waals surface area contributed by atoms with E-state index in [9.17, 15) is 19.7 Å². The minimum absolute atomic E-state index is 0.0314. The first kappa shape index (κ1) is 24.3. The number of amides is 2. The van der Waals surface area contributed by atoms with Gasteiger partial charge < -0.3 is 14.4 Å². The van der Waals surface area contributed by atoms with Gasteiger partial charge >= 0.3 is 0 Å². The minimum atomic E-state index is -0.599. The van der Waals surface area contributed by atoms with Crippen LogP contribution < -0.4 is 19.3 Å². The highest BCUT2D eigenvalue weighted by molar-refractivity contribution is 6.22. The van der Waals surface area contributed by atoms with Gasteiger partial charge in [0.05, 0.1) is 36.8 Å². The molecule has 2 amide bonds. The van der Waals surface area contributed by atoms with Crippen LogP contribution in [0.1, 0.15) is 42.0 Å². The van der Waals surface area contributed by atoms with Crippen LogP contribution in [-0.4, -0.2) is 37.5 Å². The number of hydrogen-bond acceptors (Lipinski definition) is 7. The van der Waals surface area contributed by atoms with Gasteiger partial charge in [-0.2, -0.15) is 0 Å². The van der Waals surface area contributed by atoms with Crippen LogP contribution in [0.2, 0.25) is 0 Å². The average Bonchev–Trinajstić information content (AvgIpc) is 3.22. The summed E-state index contributed by atoms with van der Waals surface area (Å²) >= 11 is 0. The van der Waals surface area contributed by atoms with Gasteiger partial charge in [-0.15, -0.1) is 0 Å². The highest BCUT2D eigenvalue weighted by Crippen LogP contribution is 2.43. The largest absolute Gasteiger partial charge is 0.493 e. The summed E-state index contributed by atoms with van der Waals surface area (Å²) in [5.41, 5.74) is 3.33. The highest BCUT2D eigenvalue weighted by atomic mass is 16.6. The first-order valence-corrected chi connectivity index (χ1v) is 12.1. The number of nitro groups is 1. The Morgan fingerprint density at radius 1 is 0.973 bits per heavy atom. The summed E-state index contributed by atoms with van der Waals surface area (Å²) in [5.74, 6) is -0.107. The van der Waals surface area contributed by atoms with E-state index in [1.807, 2.05) is 54.3 Å². The number of carbonyl (C=O) groups excluding carboxylic acids is 2. The Morgan fingerprint density at radius 2 is 1.68 bits per heavy atom. The first-order valence-electron chi connectivity index (χ1n) is 12.1. The molecule has 5 rings (SSSR count). The van der Waals surface area contributed by atoms with Gasteiger partial charge in [0.15, 0.2) is 11.5 Å². The maximum absolute atomic E-state index is 13.2. The van der Waals surface area contributed by atoms with Crippen molar-refractivity contribution >= 4 is 28.9 Å². The van der Waals surface area contributed by atoms with E-state index >= 15 is 0 Å². The number of ether oxygens (including phenoxy) is 2. The molecule has 3 aromatic carbocycles. The van der Waals surface area contributed by atoms with Gasteiger partial charge in [0.1, 0.15) is 5.69 Å². The van der Waals surface area contributed by atoms with E-state index in [2.05, 4.69) is 0 Å². The third-order valence-electron chi connectivity index (χ3n) is 7.26. The summed E-state index contributed by atoms with van der Waals surface area (Å²) in [6, 6.07) is 17.4. The predicted octanol–water partition coefficient (Wildman–Crippen LogP) is 4.78. The van der Waals surface area contributed by atoms with E-state index in [1.54, 1.807) is 26.4 Å². The van der Waals surface area contributed by atoms with E-state index in [4.69, 9.17) is 9.47 Å². The highest BCUT2D eigenvalue weighted by Gasteiger charge is 2.41. The third-order valence-corrected chi connectivity index (χ3v) is 7.26. The molecule has 9 heteroatoms. The van der Waals surface area contributed by atoms with Crippen LogP contribution in [0.15, 0.2) is 60.7 Å². The summed E-state index contributed by atoms with van der Waals surface area (Å²) in [6.45, 7) is 2.54. The monoisotopic (exact) mass is 501 g/mol. The van der Waals surface area contributed by atoms with Crippen LogP contribution in [-0.2, 0) is 16.0 Å². The van der Waals surface area contributed by atoms with Crippen molar-refractivity contribution in [2.75, 3.05) is 30.6 Å². The second kappa shape index (κ2) is 9.57. The molecule has 1 fully saturated rings. The lowest BCUT2D eigenvalue weighted by Crippen LogP contribution is -2.34. The predicted molar refractivity (Wildman–Crippen MR) is 138 cm³/mol. The molecule has 0 unspecified atom stereocenters. The van der Waals surface area contributed by atoms with Crippen molar-refractivity contribution < 1.29 is 24.0 Å². The number of anilines is 2. The van der Waals surface area contributed by atoms with Gasteiger partial charge in [0, 0.05) is 19.0 Å². The fourth-order valence-electron chi connectivity index (χ4n) is 5.36. The number of imide groups is 1. The van der Waals surface area contributed by atoms with E-state index in [1.165, 1.54) is 6.07 Å². The normalized spacial score (nSPS) is 19.1. The molecule has 3 aromatic rings. The van der Waals surface area contributed by atoms with Crippen molar-refractivity contribution in [1.29, 1.82) is 0 Å². The zero-order valence-electron chi connectivity index (χ0n) is 20.8. The Kier molecular flexibility index (Phi) is 6.29. The van der Waals surface area contributed by atoms with Crippen molar-refractivity contribution in [3.8, 4) is 11.5 Å². The van der Waals surface area contributed by atoms with Gasteiger partial charge in [-0.3, -0.25) is 19.7 Å². The number of nitrogens with zero attached hydrogens (tertiary/aromatic N) is 3. The second-order valence-electron chi connectivity index (χ2n) is 9.19. The van der Waals surface area contributed by atoms with Crippen LogP contribution in [0, 0.1) is 10.1 Å². The second-order valence-corrected chi connectivity index (χ2v) is 9.19. The van der Waals surface area contributed by atoms with Crippen LogP contribution in [0.3, 0.4) is 0 Å². The zero-order valence-corrected chi connectivity index (χ0v) is 20.8. The fourth-order valence-corrected chi connectivity index (χ4v) is 5.36. The molecular weight excluding hydrogens is 474 g/mol. The quantitative estimate of drug-likeness (QED) is 0.272. The number of rotatable bonds is 6. The molecule has 37 heavy (non-hydrogen) atoms. The minimum Gasteiger partial charge on any atom is -0.493 e. The van der Waals surface area contributed by atoms with Crippen LogP contribution in [0.5, 0.6) is 11.5 Å². The number of fused-ring (bicyclic) bond motifs is 1. The number of methoxy groups -OCH3 is 2. The van der Waals surface area contributed by atoms with E-state index < -0.39 is 10.8 Å². The van der Waals surface area contributed by atoms with E-state index in [0.29, 0.717) is 30.2 Å². The molecule has 2 aliphatic rings. The molecule has 0 spiro atoms. The summed E-state index contributed by atoms with van der Waals surface area (Å²) in [6.07, 6.45) is 0.699. The molecule has 2 heterocycles. The average molecular weight is 502 g/mol. The maximum Gasteiger partial charge on any atom is 0.294 e.